The van der Waals surface area contributed by atoms with Gasteiger partial charge >= 0.3 is 0 Å². The van der Waals surface area contributed by atoms with Gasteiger partial charge in [0.1, 0.15) is 12.4 Å². The monoisotopic (exact) mass is 373 g/mol. The lowest BCUT2D eigenvalue weighted by Crippen LogP contribution is -1.95. The van der Waals surface area contributed by atoms with Crippen LogP contribution in [0.15, 0.2) is 83.4 Å². The minimum Gasteiger partial charge on any atom is -0.489 e. The zero-order chi connectivity index (χ0) is 19.3. The zero-order valence-electron chi connectivity index (χ0n) is 14.7. The van der Waals surface area contributed by atoms with Gasteiger partial charge in [-0.2, -0.15) is 4.98 Å². The molecule has 0 N–H and O–H groups in total. The summed E-state index contributed by atoms with van der Waals surface area (Å²) >= 11 is 0. The number of non-ortho nitro benzene ring substituents is 1. The molecule has 0 spiro atoms. The molecule has 0 fully saturated rings. The van der Waals surface area contributed by atoms with Gasteiger partial charge in [0.15, 0.2) is 0 Å². The number of rotatable bonds is 6. The maximum absolute atomic E-state index is 10.9. The molecule has 7 heteroatoms. The summed E-state index contributed by atoms with van der Waals surface area (Å²) in [6, 6.07) is 23.3. The van der Waals surface area contributed by atoms with Gasteiger partial charge in [-0.05, 0) is 23.8 Å². The van der Waals surface area contributed by atoms with Gasteiger partial charge in [0.05, 0.1) is 4.92 Å². The second-order valence-corrected chi connectivity index (χ2v) is 6.03. The first-order chi connectivity index (χ1) is 13.7. The summed E-state index contributed by atoms with van der Waals surface area (Å²) in [6.07, 6.45) is 0. The molecule has 0 aliphatic carbocycles. The van der Waals surface area contributed by atoms with Crippen molar-refractivity contribution >= 4 is 5.69 Å². The molecule has 4 rings (SSSR count). The lowest BCUT2D eigenvalue weighted by atomic mass is 10.2. The first-order valence-corrected chi connectivity index (χ1v) is 8.55. The largest absolute Gasteiger partial charge is 0.489 e. The molecule has 7 nitrogen and oxygen atoms in total. The molecule has 3 aromatic carbocycles. The Morgan fingerprint density at radius 3 is 2.54 bits per heavy atom. The van der Waals surface area contributed by atoms with E-state index in [9.17, 15) is 10.1 Å². The van der Waals surface area contributed by atoms with Crippen molar-refractivity contribution in [3.63, 3.8) is 0 Å². The highest BCUT2D eigenvalue weighted by Gasteiger charge is 2.14. The minimum absolute atomic E-state index is 0.0337. The van der Waals surface area contributed by atoms with Gasteiger partial charge in [0, 0.05) is 23.3 Å². The standard InChI is InChI=1S/C21H15N3O4/c25-24(26)18-10-4-9-17(12-18)21-22-20(23-28-21)16-8-5-11-19(13-16)27-14-15-6-2-1-3-7-15/h1-13H,14H2. The Morgan fingerprint density at radius 2 is 1.71 bits per heavy atom. The number of aromatic nitrogens is 2. The van der Waals surface area contributed by atoms with Crippen LogP contribution in [0.4, 0.5) is 5.69 Å². The summed E-state index contributed by atoms with van der Waals surface area (Å²) < 4.78 is 11.1. The van der Waals surface area contributed by atoms with Crippen LogP contribution in [0.3, 0.4) is 0 Å². The van der Waals surface area contributed by atoms with E-state index < -0.39 is 4.92 Å². The molecule has 1 heterocycles. The van der Waals surface area contributed by atoms with Gasteiger partial charge < -0.3 is 9.26 Å². The molecule has 0 amide bonds. The number of hydrogen-bond acceptors (Lipinski definition) is 6. The lowest BCUT2D eigenvalue weighted by molar-refractivity contribution is -0.384. The summed E-state index contributed by atoms with van der Waals surface area (Å²) in [6.45, 7) is 0.454. The van der Waals surface area contributed by atoms with Gasteiger partial charge in [0.25, 0.3) is 11.6 Å². The van der Waals surface area contributed by atoms with Crippen molar-refractivity contribution in [1.29, 1.82) is 0 Å². The van der Waals surface area contributed by atoms with Crippen LogP contribution in [0.25, 0.3) is 22.8 Å². The van der Waals surface area contributed by atoms with Gasteiger partial charge in [-0.15, -0.1) is 0 Å². The maximum atomic E-state index is 10.9. The van der Waals surface area contributed by atoms with E-state index in [0.717, 1.165) is 11.1 Å². The molecular formula is C21H15N3O4. The number of ether oxygens (including phenoxy) is 1. The SMILES string of the molecule is O=[N+]([O-])c1cccc(-c2nc(-c3cccc(OCc4ccccc4)c3)no2)c1. The topological polar surface area (TPSA) is 91.3 Å². The summed E-state index contributed by atoms with van der Waals surface area (Å²) in [4.78, 5) is 14.8. The molecule has 4 aromatic rings. The Labute approximate surface area is 160 Å². The smallest absolute Gasteiger partial charge is 0.270 e. The summed E-state index contributed by atoms with van der Waals surface area (Å²) in [5.74, 6) is 1.28. The molecule has 0 aliphatic heterocycles. The molecule has 138 valence electrons. The Bertz CT molecular complexity index is 1110. The number of nitrogens with zero attached hydrogens (tertiary/aromatic N) is 3. The first-order valence-electron chi connectivity index (χ1n) is 8.55. The van der Waals surface area contributed by atoms with E-state index >= 15 is 0 Å². The summed E-state index contributed by atoms with van der Waals surface area (Å²) in [5.41, 5.74) is 2.25. The highest BCUT2D eigenvalue weighted by Crippen LogP contribution is 2.27. The van der Waals surface area contributed by atoms with E-state index in [-0.39, 0.29) is 11.6 Å². The van der Waals surface area contributed by atoms with Gasteiger partial charge in [-0.1, -0.05) is 53.7 Å². The molecule has 0 bridgehead atoms. The van der Waals surface area contributed by atoms with Crippen LogP contribution in [0, 0.1) is 10.1 Å². The van der Waals surface area contributed by atoms with Crippen molar-refractivity contribution in [2.45, 2.75) is 6.61 Å². The normalized spacial score (nSPS) is 10.6. The quantitative estimate of drug-likeness (QED) is 0.353. The van der Waals surface area contributed by atoms with Crippen molar-refractivity contribution in [3.05, 3.63) is 94.5 Å². The molecular weight excluding hydrogens is 358 g/mol. The third-order valence-corrected chi connectivity index (χ3v) is 4.07. The van der Waals surface area contributed by atoms with Crippen LogP contribution < -0.4 is 4.74 Å². The molecule has 0 radical (unpaired) electrons. The van der Waals surface area contributed by atoms with Crippen LogP contribution in [0.1, 0.15) is 5.56 Å². The number of nitro benzene ring substituents is 1. The fraction of sp³-hybridized carbons (Fsp3) is 0.0476. The van der Waals surface area contributed by atoms with E-state index in [1.807, 2.05) is 54.6 Å². The van der Waals surface area contributed by atoms with Crippen molar-refractivity contribution in [2.75, 3.05) is 0 Å². The summed E-state index contributed by atoms with van der Waals surface area (Å²) in [7, 11) is 0. The van der Waals surface area contributed by atoms with Crippen LogP contribution in [0.5, 0.6) is 5.75 Å². The third-order valence-electron chi connectivity index (χ3n) is 4.07. The number of hydrogen-bond donors (Lipinski definition) is 0. The van der Waals surface area contributed by atoms with Crippen molar-refractivity contribution in [3.8, 4) is 28.6 Å². The Morgan fingerprint density at radius 1 is 0.929 bits per heavy atom. The van der Waals surface area contributed by atoms with Gasteiger partial charge in [-0.3, -0.25) is 10.1 Å². The molecule has 0 aliphatic rings. The average Bonchev–Trinajstić information content (AvgIpc) is 3.24. The average molecular weight is 373 g/mol. The Kier molecular flexibility index (Phi) is 4.79. The van der Waals surface area contributed by atoms with Crippen molar-refractivity contribution in [2.24, 2.45) is 0 Å². The fourth-order valence-corrected chi connectivity index (χ4v) is 2.68. The van der Waals surface area contributed by atoms with Crippen LogP contribution in [-0.4, -0.2) is 15.1 Å². The Balaban J connectivity index is 1.54. The van der Waals surface area contributed by atoms with E-state index in [4.69, 9.17) is 9.26 Å². The van der Waals surface area contributed by atoms with E-state index in [2.05, 4.69) is 10.1 Å². The van der Waals surface area contributed by atoms with Gasteiger partial charge in [0.2, 0.25) is 5.82 Å². The first kappa shape index (κ1) is 17.4. The van der Waals surface area contributed by atoms with Crippen LogP contribution >= 0.6 is 0 Å². The van der Waals surface area contributed by atoms with E-state index in [1.165, 1.54) is 12.1 Å². The molecule has 0 saturated carbocycles. The van der Waals surface area contributed by atoms with Crippen LogP contribution in [-0.2, 0) is 6.61 Å². The highest BCUT2D eigenvalue weighted by molar-refractivity contribution is 5.62. The molecule has 0 atom stereocenters. The van der Waals surface area contributed by atoms with E-state index in [0.29, 0.717) is 23.7 Å². The molecule has 0 saturated heterocycles. The molecule has 28 heavy (non-hydrogen) atoms. The van der Waals surface area contributed by atoms with Crippen molar-refractivity contribution < 1.29 is 14.2 Å². The zero-order valence-corrected chi connectivity index (χ0v) is 14.7. The van der Waals surface area contributed by atoms with Gasteiger partial charge in [-0.25, -0.2) is 0 Å². The summed E-state index contributed by atoms with van der Waals surface area (Å²) in [5, 5.41) is 14.9. The molecule has 0 unspecified atom stereocenters. The minimum atomic E-state index is -0.464. The second-order valence-electron chi connectivity index (χ2n) is 6.03. The fourth-order valence-electron chi connectivity index (χ4n) is 2.68. The second kappa shape index (κ2) is 7.71. The van der Waals surface area contributed by atoms with E-state index in [1.54, 1.807) is 12.1 Å². The van der Waals surface area contributed by atoms with Crippen LogP contribution in [0.2, 0.25) is 0 Å². The number of benzene rings is 3. The predicted octanol–water partition coefficient (Wildman–Crippen LogP) is 4.89. The van der Waals surface area contributed by atoms with Crippen molar-refractivity contribution in [1.82, 2.24) is 10.1 Å². The Hall–Kier alpha value is -4.00. The highest BCUT2D eigenvalue weighted by atomic mass is 16.6. The predicted molar refractivity (Wildman–Crippen MR) is 103 cm³/mol. The third kappa shape index (κ3) is 3.88. The molecule has 1 aromatic heterocycles. The lowest BCUT2D eigenvalue weighted by Gasteiger charge is -2.06. The maximum Gasteiger partial charge on any atom is 0.270 e. The number of nitro groups is 1.